The van der Waals surface area contributed by atoms with Gasteiger partial charge in [-0.2, -0.15) is 0 Å². The molecule has 0 spiro atoms. The number of hydrogen-bond acceptors (Lipinski definition) is 4. The van der Waals surface area contributed by atoms with Crippen molar-refractivity contribution in [3.63, 3.8) is 0 Å². The Morgan fingerprint density at radius 1 is 1.56 bits per heavy atom. The zero-order valence-corrected chi connectivity index (χ0v) is 10.3. The summed E-state index contributed by atoms with van der Waals surface area (Å²) in [5.41, 5.74) is 6.21. The Balaban J connectivity index is 2.17. The van der Waals surface area contributed by atoms with Gasteiger partial charge in [0.15, 0.2) is 0 Å². The standard InChI is InChI=1S/C13H18N2O3/c1-8(14)13(17)15-10-6-7-18-11-5-3-2-4-9(11)12(10)16/h2-5,8,10,12,16H,6-7,14H2,1H3,(H,15,17). The van der Waals surface area contributed by atoms with E-state index < -0.39 is 12.1 Å². The Kier molecular flexibility index (Phi) is 3.84. The van der Waals surface area contributed by atoms with Crippen LogP contribution < -0.4 is 15.8 Å². The van der Waals surface area contributed by atoms with E-state index in [1.165, 1.54) is 0 Å². The molecule has 5 nitrogen and oxygen atoms in total. The Morgan fingerprint density at radius 2 is 2.28 bits per heavy atom. The van der Waals surface area contributed by atoms with Gasteiger partial charge in [0.25, 0.3) is 0 Å². The fraction of sp³-hybridized carbons (Fsp3) is 0.462. The minimum Gasteiger partial charge on any atom is -0.493 e. The van der Waals surface area contributed by atoms with Crippen LogP contribution in [0.4, 0.5) is 0 Å². The average molecular weight is 250 g/mol. The molecule has 1 aromatic carbocycles. The van der Waals surface area contributed by atoms with E-state index in [0.717, 1.165) is 0 Å². The quantitative estimate of drug-likeness (QED) is 0.706. The fourth-order valence-corrected chi connectivity index (χ4v) is 1.99. The number of nitrogens with one attached hydrogen (secondary N) is 1. The summed E-state index contributed by atoms with van der Waals surface area (Å²) in [6.45, 7) is 2.07. The molecule has 0 saturated heterocycles. The number of amides is 1. The summed E-state index contributed by atoms with van der Waals surface area (Å²) in [7, 11) is 0. The van der Waals surface area contributed by atoms with Crippen LogP contribution in [0.25, 0.3) is 0 Å². The van der Waals surface area contributed by atoms with Crippen LogP contribution in [0.3, 0.4) is 0 Å². The number of rotatable bonds is 2. The average Bonchev–Trinajstić information content (AvgIpc) is 2.51. The predicted octanol–water partition coefficient (Wildman–Crippen LogP) is 0.335. The van der Waals surface area contributed by atoms with Crippen LogP contribution in [-0.2, 0) is 4.79 Å². The number of ether oxygens (including phenoxy) is 1. The Labute approximate surface area is 106 Å². The fourth-order valence-electron chi connectivity index (χ4n) is 1.99. The number of hydrogen-bond donors (Lipinski definition) is 3. The Bertz CT molecular complexity index is 434. The number of carbonyl (C=O) groups excluding carboxylic acids is 1. The molecule has 3 atom stereocenters. The van der Waals surface area contributed by atoms with Gasteiger partial charge in [0.1, 0.15) is 11.9 Å². The molecule has 2 rings (SSSR count). The monoisotopic (exact) mass is 250 g/mol. The maximum absolute atomic E-state index is 11.6. The van der Waals surface area contributed by atoms with Crippen molar-refractivity contribution in [2.24, 2.45) is 5.73 Å². The zero-order valence-electron chi connectivity index (χ0n) is 10.3. The van der Waals surface area contributed by atoms with Crippen LogP contribution in [0.2, 0.25) is 0 Å². The smallest absolute Gasteiger partial charge is 0.236 e. The van der Waals surface area contributed by atoms with E-state index >= 15 is 0 Å². The molecule has 1 aliphatic rings. The number of aliphatic hydroxyl groups excluding tert-OH is 1. The van der Waals surface area contributed by atoms with Crippen molar-refractivity contribution >= 4 is 5.91 Å². The van der Waals surface area contributed by atoms with E-state index in [4.69, 9.17) is 10.5 Å². The number of aliphatic hydroxyl groups is 1. The predicted molar refractivity (Wildman–Crippen MR) is 67.1 cm³/mol. The lowest BCUT2D eigenvalue weighted by molar-refractivity contribution is -0.123. The van der Waals surface area contributed by atoms with Gasteiger partial charge in [0.2, 0.25) is 5.91 Å². The molecule has 0 saturated carbocycles. The van der Waals surface area contributed by atoms with E-state index in [0.29, 0.717) is 24.3 Å². The third kappa shape index (κ3) is 2.63. The molecule has 1 amide bonds. The van der Waals surface area contributed by atoms with E-state index in [1.807, 2.05) is 18.2 Å². The zero-order chi connectivity index (χ0) is 13.1. The molecule has 3 unspecified atom stereocenters. The lowest BCUT2D eigenvalue weighted by Crippen LogP contribution is -2.46. The second kappa shape index (κ2) is 5.37. The van der Waals surface area contributed by atoms with E-state index in [1.54, 1.807) is 13.0 Å². The summed E-state index contributed by atoms with van der Waals surface area (Å²) in [6, 6.07) is 6.35. The van der Waals surface area contributed by atoms with E-state index in [-0.39, 0.29) is 11.9 Å². The van der Waals surface area contributed by atoms with Crippen LogP contribution in [0.5, 0.6) is 5.75 Å². The highest BCUT2D eigenvalue weighted by Crippen LogP contribution is 2.31. The summed E-state index contributed by atoms with van der Waals surface area (Å²) in [5, 5.41) is 13.1. The van der Waals surface area contributed by atoms with Crippen molar-refractivity contribution in [3.05, 3.63) is 29.8 Å². The highest BCUT2D eigenvalue weighted by molar-refractivity contribution is 5.81. The first kappa shape index (κ1) is 12.9. The lowest BCUT2D eigenvalue weighted by Gasteiger charge is -2.22. The van der Waals surface area contributed by atoms with Crippen molar-refractivity contribution < 1.29 is 14.6 Å². The van der Waals surface area contributed by atoms with Gasteiger partial charge >= 0.3 is 0 Å². The molecule has 1 heterocycles. The SMILES string of the molecule is CC(N)C(=O)NC1CCOc2ccccc2C1O. The number of benzene rings is 1. The first-order chi connectivity index (χ1) is 8.59. The van der Waals surface area contributed by atoms with Crippen molar-refractivity contribution in [3.8, 4) is 5.75 Å². The normalized spacial score (nSPS) is 24.4. The molecular weight excluding hydrogens is 232 g/mol. The molecule has 0 aliphatic carbocycles. The first-order valence-corrected chi connectivity index (χ1v) is 6.05. The minimum atomic E-state index is -0.772. The highest BCUT2D eigenvalue weighted by Gasteiger charge is 2.28. The molecule has 1 aromatic rings. The van der Waals surface area contributed by atoms with Gasteiger partial charge in [-0.25, -0.2) is 0 Å². The molecular formula is C13H18N2O3. The Morgan fingerprint density at radius 3 is 3.00 bits per heavy atom. The maximum atomic E-state index is 11.6. The third-order valence-electron chi connectivity index (χ3n) is 3.05. The van der Waals surface area contributed by atoms with E-state index in [2.05, 4.69) is 5.32 Å². The van der Waals surface area contributed by atoms with Crippen LogP contribution in [-0.4, -0.2) is 29.7 Å². The minimum absolute atomic E-state index is 0.265. The van der Waals surface area contributed by atoms with Gasteiger partial charge in [0.05, 0.1) is 18.7 Å². The summed E-state index contributed by atoms with van der Waals surface area (Å²) >= 11 is 0. The molecule has 5 heteroatoms. The second-order valence-corrected chi connectivity index (χ2v) is 4.52. The number of fused-ring (bicyclic) bond motifs is 1. The molecule has 0 radical (unpaired) electrons. The van der Waals surface area contributed by atoms with Gasteiger partial charge in [-0.1, -0.05) is 18.2 Å². The van der Waals surface area contributed by atoms with Crippen LogP contribution in [0.15, 0.2) is 24.3 Å². The molecule has 1 aliphatic heterocycles. The van der Waals surface area contributed by atoms with Gasteiger partial charge in [0, 0.05) is 12.0 Å². The van der Waals surface area contributed by atoms with Crippen molar-refractivity contribution in [1.29, 1.82) is 0 Å². The van der Waals surface area contributed by atoms with Gasteiger partial charge in [-0.15, -0.1) is 0 Å². The maximum Gasteiger partial charge on any atom is 0.236 e. The molecule has 0 bridgehead atoms. The number of carbonyl (C=O) groups is 1. The second-order valence-electron chi connectivity index (χ2n) is 4.52. The van der Waals surface area contributed by atoms with E-state index in [9.17, 15) is 9.90 Å². The van der Waals surface area contributed by atoms with Crippen molar-refractivity contribution in [2.45, 2.75) is 31.5 Å². The van der Waals surface area contributed by atoms with Crippen molar-refractivity contribution in [2.75, 3.05) is 6.61 Å². The first-order valence-electron chi connectivity index (χ1n) is 6.05. The third-order valence-corrected chi connectivity index (χ3v) is 3.05. The topological polar surface area (TPSA) is 84.6 Å². The number of para-hydroxylation sites is 1. The summed E-state index contributed by atoms with van der Waals surface area (Å²) in [6.07, 6.45) is -0.222. The van der Waals surface area contributed by atoms with Crippen molar-refractivity contribution in [1.82, 2.24) is 5.32 Å². The largest absolute Gasteiger partial charge is 0.493 e. The summed E-state index contributed by atoms with van der Waals surface area (Å²) < 4.78 is 5.55. The van der Waals surface area contributed by atoms with Gasteiger partial charge < -0.3 is 20.9 Å². The summed E-state index contributed by atoms with van der Waals surface area (Å²) in [5.74, 6) is 0.404. The highest BCUT2D eigenvalue weighted by atomic mass is 16.5. The lowest BCUT2D eigenvalue weighted by atomic mass is 10.00. The van der Waals surface area contributed by atoms with Crippen LogP contribution in [0.1, 0.15) is 25.0 Å². The Hall–Kier alpha value is -1.59. The van der Waals surface area contributed by atoms with Gasteiger partial charge in [-0.3, -0.25) is 4.79 Å². The van der Waals surface area contributed by atoms with Gasteiger partial charge in [-0.05, 0) is 13.0 Å². The summed E-state index contributed by atoms with van der Waals surface area (Å²) in [4.78, 5) is 11.6. The molecule has 0 aromatic heterocycles. The molecule has 0 fully saturated rings. The molecule has 18 heavy (non-hydrogen) atoms. The number of nitrogens with two attached hydrogens (primary N) is 1. The van der Waals surface area contributed by atoms with Crippen LogP contribution in [0, 0.1) is 0 Å². The molecule has 98 valence electrons. The van der Waals surface area contributed by atoms with Crippen LogP contribution >= 0.6 is 0 Å². The molecule has 4 N–H and O–H groups in total.